The molecule has 3 rings (SSSR count). The highest BCUT2D eigenvalue weighted by Crippen LogP contribution is 2.26. The van der Waals surface area contributed by atoms with Gasteiger partial charge in [0, 0.05) is 17.8 Å². The SMILES string of the molecule is O=C(c1cc2ccccc2s1)N1CCOC(CCl)C1. The Morgan fingerprint density at radius 3 is 3.11 bits per heavy atom. The molecule has 1 atom stereocenters. The van der Waals surface area contributed by atoms with Crippen molar-refractivity contribution in [3.8, 4) is 0 Å². The van der Waals surface area contributed by atoms with Gasteiger partial charge >= 0.3 is 0 Å². The number of fused-ring (bicyclic) bond motifs is 1. The Morgan fingerprint density at radius 2 is 2.32 bits per heavy atom. The predicted molar refractivity (Wildman–Crippen MR) is 78.2 cm³/mol. The maximum absolute atomic E-state index is 12.5. The first-order chi connectivity index (χ1) is 9.28. The van der Waals surface area contributed by atoms with Crippen LogP contribution in [-0.2, 0) is 4.74 Å². The first kappa shape index (κ1) is 12.9. The maximum Gasteiger partial charge on any atom is 0.264 e. The molecule has 1 aromatic heterocycles. The van der Waals surface area contributed by atoms with Crippen molar-refractivity contribution >= 4 is 38.9 Å². The fourth-order valence-electron chi connectivity index (χ4n) is 2.24. The van der Waals surface area contributed by atoms with Gasteiger partial charge in [-0.25, -0.2) is 0 Å². The molecule has 5 heteroatoms. The third kappa shape index (κ3) is 2.61. The van der Waals surface area contributed by atoms with Gasteiger partial charge in [0.1, 0.15) is 0 Å². The number of hydrogen-bond acceptors (Lipinski definition) is 3. The zero-order chi connectivity index (χ0) is 13.2. The van der Waals surface area contributed by atoms with Gasteiger partial charge in [0.2, 0.25) is 0 Å². The Labute approximate surface area is 120 Å². The van der Waals surface area contributed by atoms with Crippen LogP contribution in [0.25, 0.3) is 10.1 Å². The van der Waals surface area contributed by atoms with Crippen LogP contribution >= 0.6 is 22.9 Å². The number of hydrogen-bond donors (Lipinski definition) is 0. The molecule has 0 N–H and O–H groups in total. The minimum absolute atomic E-state index is 0.0475. The molecule has 1 aliphatic rings. The quantitative estimate of drug-likeness (QED) is 0.797. The molecule has 1 saturated heterocycles. The molecular weight excluding hydrogens is 282 g/mol. The summed E-state index contributed by atoms with van der Waals surface area (Å²) in [6.45, 7) is 1.78. The van der Waals surface area contributed by atoms with Crippen LogP contribution in [0.3, 0.4) is 0 Å². The number of amides is 1. The van der Waals surface area contributed by atoms with Gasteiger partial charge in [0.25, 0.3) is 5.91 Å². The summed E-state index contributed by atoms with van der Waals surface area (Å²) in [5.41, 5.74) is 0. The molecule has 0 spiro atoms. The van der Waals surface area contributed by atoms with Crippen LogP contribution in [0.4, 0.5) is 0 Å². The number of rotatable bonds is 2. The Balaban J connectivity index is 1.82. The van der Waals surface area contributed by atoms with Gasteiger partial charge in [-0.05, 0) is 17.5 Å². The molecule has 1 aromatic carbocycles. The van der Waals surface area contributed by atoms with Crippen LogP contribution in [0.1, 0.15) is 9.67 Å². The van der Waals surface area contributed by atoms with E-state index in [0.29, 0.717) is 25.6 Å². The Kier molecular flexibility index (Phi) is 3.73. The van der Waals surface area contributed by atoms with E-state index in [9.17, 15) is 4.79 Å². The highest BCUT2D eigenvalue weighted by atomic mass is 35.5. The molecule has 19 heavy (non-hydrogen) atoms. The summed E-state index contributed by atoms with van der Waals surface area (Å²) < 4.78 is 6.63. The van der Waals surface area contributed by atoms with Crippen molar-refractivity contribution in [2.24, 2.45) is 0 Å². The number of nitrogens with zero attached hydrogens (tertiary/aromatic N) is 1. The number of morpholine rings is 1. The highest BCUT2D eigenvalue weighted by Gasteiger charge is 2.25. The van der Waals surface area contributed by atoms with E-state index in [1.165, 1.54) is 0 Å². The highest BCUT2D eigenvalue weighted by molar-refractivity contribution is 7.20. The van der Waals surface area contributed by atoms with E-state index in [1.807, 2.05) is 35.2 Å². The van der Waals surface area contributed by atoms with Gasteiger partial charge in [-0.2, -0.15) is 0 Å². The molecule has 1 unspecified atom stereocenters. The molecule has 100 valence electrons. The lowest BCUT2D eigenvalue weighted by Crippen LogP contribution is -2.46. The molecule has 0 aliphatic carbocycles. The number of halogens is 1. The minimum Gasteiger partial charge on any atom is -0.373 e. The van der Waals surface area contributed by atoms with Crippen molar-refractivity contribution in [3.05, 3.63) is 35.2 Å². The van der Waals surface area contributed by atoms with Gasteiger partial charge in [-0.3, -0.25) is 4.79 Å². The summed E-state index contributed by atoms with van der Waals surface area (Å²) in [6, 6.07) is 10.0. The second-order valence-corrected chi connectivity index (χ2v) is 5.94. The third-order valence-corrected chi connectivity index (χ3v) is 4.68. The van der Waals surface area contributed by atoms with E-state index < -0.39 is 0 Å². The van der Waals surface area contributed by atoms with Crippen LogP contribution < -0.4 is 0 Å². The molecule has 0 bridgehead atoms. The summed E-state index contributed by atoms with van der Waals surface area (Å²) in [5.74, 6) is 0.510. The van der Waals surface area contributed by atoms with E-state index >= 15 is 0 Å². The van der Waals surface area contributed by atoms with E-state index in [1.54, 1.807) is 11.3 Å². The van der Waals surface area contributed by atoms with Crippen molar-refractivity contribution in [2.75, 3.05) is 25.6 Å². The van der Waals surface area contributed by atoms with Crippen LogP contribution in [0.2, 0.25) is 0 Å². The van der Waals surface area contributed by atoms with Crippen LogP contribution in [0.5, 0.6) is 0 Å². The van der Waals surface area contributed by atoms with Crippen LogP contribution in [-0.4, -0.2) is 42.5 Å². The molecule has 2 aromatic rings. The average Bonchev–Trinajstić information content (AvgIpc) is 2.90. The van der Waals surface area contributed by atoms with E-state index in [4.69, 9.17) is 16.3 Å². The molecular formula is C14H14ClNO2S. The normalized spacial score (nSPS) is 19.8. The molecule has 1 aliphatic heterocycles. The topological polar surface area (TPSA) is 29.5 Å². The van der Waals surface area contributed by atoms with Crippen LogP contribution in [0.15, 0.2) is 30.3 Å². The van der Waals surface area contributed by atoms with Crippen molar-refractivity contribution in [1.29, 1.82) is 0 Å². The van der Waals surface area contributed by atoms with Gasteiger partial charge in [0.15, 0.2) is 0 Å². The van der Waals surface area contributed by atoms with Crippen molar-refractivity contribution < 1.29 is 9.53 Å². The molecule has 0 radical (unpaired) electrons. The first-order valence-corrected chi connectivity index (χ1v) is 7.58. The lowest BCUT2D eigenvalue weighted by atomic mass is 10.2. The molecule has 2 heterocycles. The summed E-state index contributed by atoms with van der Waals surface area (Å²) in [5, 5.41) is 1.12. The van der Waals surface area contributed by atoms with Crippen molar-refractivity contribution in [3.63, 3.8) is 0 Å². The van der Waals surface area contributed by atoms with E-state index in [2.05, 4.69) is 0 Å². The number of benzene rings is 1. The number of carbonyl (C=O) groups is 1. The largest absolute Gasteiger partial charge is 0.373 e. The number of carbonyl (C=O) groups excluding carboxylic acids is 1. The van der Waals surface area contributed by atoms with E-state index in [-0.39, 0.29) is 12.0 Å². The lowest BCUT2D eigenvalue weighted by Gasteiger charge is -2.31. The third-order valence-electron chi connectivity index (χ3n) is 3.23. The number of thiophene rings is 1. The summed E-state index contributed by atoms with van der Waals surface area (Å²) in [7, 11) is 0. The molecule has 1 fully saturated rings. The zero-order valence-corrected chi connectivity index (χ0v) is 11.9. The van der Waals surface area contributed by atoms with Gasteiger partial charge < -0.3 is 9.64 Å². The molecule has 1 amide bonds. The Hall–Kier alpha value is -1.10. The van der Waals surface area contributed by atoms with Gasteiger partial charge in [-0.1, -0.05) is 18.2 Å². The predicted octanol–water partition coefficient (Wildman–Crippen LogP) is 2.98. The monoisotopic (exact) mass is 295 g/mol. The summed E-state index contributed by atoms with van der Waals surface area (Å²) in [6.07, 6.45) is -0.0475. The number of alkyl halides is 1. The molecule has 0 saturated carbocycles. The fourth-order valence-corrected chi connectivity index (χ4v) is 3.46. The Morgan fingerprint density at radius 1 is 1.47 bits per heavy atom. The first-order valence-electron chi connectivity index (χ1n) is 6.23. The van der Waals surface area contributed by atoms with Crippen LogP contribution in [0, 0.1) is 0 Å². The molecule has 3 nitrogen and oxygen atoms in total. The Bertz CT molecular complexity index is 565. The maximum atomic E-state index is 12.5. The summed E-state index contributed by atoms with van der Waals surface area (Å²) in [4.78, 5) is 15.1. The minimum atomic E-state index is -0.0475. The fraction of sp³-hybridized carbons (Fsp3) is 0.357. The number of ether oxygens (including phenoxy) is 1. The van der Waals surface area contributed by atoms with Gasteiger partial charge in [0.05, 0.1) is 23.5 Å². The average molecular weight is 296 g/mol. The summed E-state index contributed by atoms with van der Waals surface area (Å²) >= 11 is 7.34. The zero-order valence-electron chi connectivity index (χ0n) is 10.3. The lowest BCUT2D eigenvalue weighted by molar-refractivity contribution is -0.0106. The van der Waals surface area contributed by atoms with Crippen molar-refractivity contribution in [1.82, 2.24) is 4.90 Å². The second-order valence-electron chi connectivity index (χ2n) is 4.55. The van der Waals surface area contributed by atoms with E-state index in [0.717, 1.165) is 15.0 Å². The standard InChI is InChI=1S/C14H14ClNO2S/c15-8-11-9-16(5-6-18-11)14(17)13-7-10-3-1-2-4-12(10)19-13/h1-4,7,11H,5-6,8-9H2. The second kappa shape index (κ2) is 5.49. The smallest absolute Gasteiger partial charge is 0.264 e. The van der Waals surface area contributed by atoms with Crippen molar-refractivity contribution in [2.45, 2.75) is 6.10 Å². The van der Waals surface area contributed by atoms with Gasteiger partial charge in [-0.15, -0.1) is 22.9 Å².